The van der Waals surface area contributed by atoms with Gasteiger partial charge in [0.2, 0.25) is 0 Å². The fourth-order valence-corrected chi connectivity index (χ4v) is 28.1. The largest absolute Gasteiger partial charge is 0.458 e. The van der Waals surface area contributed by atoms with Crippen LogP contribution in [0.4, 0.5) is 73.9 Å². The van der Waals surface area contributed by atoms with Gasteiger partial charge in [0.25, 0.3) is 13.4 Å². The van der Waals surface area contributed by atoms with Crippen LogP contribution in [0, 0.1) is 47.3 Å². The summed E-state index contributed by atoms with van der Waals surface area (Å²) >= 11 is 0. The number of ether oxygens (including phenoxy) is 2. The minimum Gasteiger partial charge on any atom is -0.458 e. The second kappa shape index (κ2) is 31.1. The van der Waals surface area contributed by atoms with Gasteiger partial charge in [-0.1, -0.05) is 329 Å². The van der Waals surface area contributed by atoms with Crippen molar-refractivity contribution in [3.63, 3.8) is 0 Å². The van der Waals surface area contributed by atoms with Crippen LogP contribution in [0.5, 0.6) is 23.0 Å². The van der Waals surface area contributed by atoms with Gasteiger partial charge in [-0.2, -0.15) is 0 Å². The smallest absolute Gasteiger partial charge is 0.256 e. The second-order valence-electron chi connectivity index (χ2n) is 39.1. The first-order valence-corrected chi connectivity index (χ1v) is 48.3. The van der Waals surface area contributed by atoms with E-state index in [0.29, 0.717) is 47.3 Å². The van der Waals surface area contributed by atoms with Crippen LogP contribution in [0.2, 0.25) is 0 Å². The molecule has 6 saturated carbocycles. The van der Waals surface area contributed by atoms with E-state index in [-0.39, 0.29) is 25.5 Å². The van der Waals surface area contributed by atoms with E-state index in [9.17, 15) is 0 Å². The molecule has 614 valence electrons. The van der Waals surface area contributed by atoms with Crippen molar-refractivity contribution in [3.05, 3.63) is 320 Å². The average molecular weight is 1620 g/mol. The van der Waals surface area contributed by atoms with E-state index < -0.39 is 5.41 Å². The summed E-state index contributed by atoms with van der Waals surface area (Å²) in [5, 5.41) is 0. The lowest BCUT2D eigenvalue weighted by atomic mass is 9.33. The minimum atomic E-state index is -0.831. The summed E-state index contributed by atoms with van der Waals surface area (Å²) < 4.78 is 16.5. The summed E-state index contributed by atoms with van der Waals surface area (Å²) in [4.78, 5) is 14.0. The van der Waals surface area contributed by atoms with Crippen molar-refractivity contribution in [2.24, 2.45) is 47.3 Å². The Kier molecular flexibility index (Phi) is 18.8. The Morgan fingerprint density at radius 3 is 1.07 bits per heavy atom. The van der Waals surface area contributed by atoms with Gasteiger partial charge < -0.3 is 34.0 Å². The quantitative estimate of drug-likeness (QED) is 0.106. The first kappa shape index (κ1) is 75.1. The van der Waals surface area contributed by atoms with Crippen molar-refractivity contribution in [2.45, 2.75) is 184 Å². The van der Waals surface area contributed by atoms with Gasteiger partial charge in [-0.25, -0.2) is 0 Å². The Morgan fingerprint density at radius 1 is 0.250 bits per heavy atom. The molecule has 0 amide bonds. The van der Waals surface area contributed by atoms with Gasteiger partial charge in [0, 0.05) is 104 Å². The maximum Gasteiger partial charge on any atom is 0.256 e. The van der Waals surface area contributed by atoms with Crippen LogP contribution < -0.4 is 66.8 Å². The molecule has 0 saturated heterocycles. The fourth-order valence-electron chi connectivity index (χ4n) is 28.1. The normalized spacial score (nSPS) is 22.1. The van der Waals surface area contributed by atoms with Gasteiger partial charge in [0.1, 0.15) is 23.0 Å². The molecule has 25 rings (SSSR count). The van der Waals surface area contributed by atoms with Gasteiger partial charge >= 0.3 is 0 Å². The molecule has 13 aromatic carbocycles. The number of para-hydroxylation sites is 7. The van der Waals surface area contributed by atoms with Gasteiger partial charge in [-0.05, 0) is 219 Å². The predicted molar refractivity (Wildman–Crippen MR) is 516 cm³/mol. The molecular weight excluding hydrogens is 1500 g/mol. The molecule has 6 fully saturated rings. The molecule has 12 aliphatic rings. The number of anilines is 13. The summed E-state index contributed by atoms with van der Waals surface area (Å²) in [6, 6.07) is 116. The Balaban J connectivity index is 0.794. The fraction of sp³-hybridized carbons (Fsp3) is 0.322. The van der Waals surface area contributed by atoms with E-state index in [0.717, 1.165) is 51.4 Å². The lowest BCUT2D eigenvalue weighted by molar-refractivity contribution is 0.0839. The van der Waals surface area contributed by atoms with Crippen molar-refractivity contribution >= 4 is 120 Å². The highest BCUT2D eigenvalue weighted by Crippen LogP contribution is 2.65. The van der Waals surface area contributed by atoms with E-state index in [1.165, 1.54) is 279 Å². The summed E-state index contributed by atoms with van der Waals surface area (Å²) in [5.74, 6) is 8.43. The topological polar surface area (TPSA) is 34.7 Å². The van der Waals surface area contributed by atoms with Crippen LogP contribution in [0.1, 0.15) is 189 Å². The number of nitrogens with zero attached hydrogens (tertiary/aromatic N) is 5. The van der Waals surface area contributed by atoms with Gasteiger partial charge in [-0.3, -0.25) is 0 Å². The van der Waals surface area contributed by atoms with Crippen molar-refractivity contribution in [1.29, 1.82) is 0 Å². The third-order valence-corrected chi connectivity index (χ3v) is 33.0. The zero-order chi connectivity index (χ0) is 81.5. The zero-order valence-electron chi connectivity index (χ0n) is 71.7. The molecule has 0 N–H and O–H groups in total. The van der Waals surface area contributed by atoms with Crippen LogP contribution in [-0.4, -0.2) is 25.5 Å². The van der Waals surface area contributed by atoms with Crippen molar-refractivity contribution in [1.82, 2.24) is 0 Å². The minimum absolute atomic E-state index is 0.149. The maximum absolute atomic E-state index is 8.73. The van der Waals surface area contributed by atoms with Crippen molar-refractivity contribution in [2.75, 3.05) is 24.5 Å². The van der Waals surface area contributed by atoms with Crippen LogP contribution >= 0.6 is 0 Å². The molecule has 4 unspecified atom stereocenters. The van der Waals surface area contributed by atoms with Gasteiger partial charge in [-0.15, -0.1) is 0 Å². The van der Waals surface area contributed by atoms with Crippen molar-refractivity contribution < 1.29 is 9.47 Å². The van der Waals surface area contributed by atoms with E-state index in [4.69, 9.17) is 9.47 Å². The summed E-state index contributed by atoms with van der Waals surface area (Å²) in [5.41, 5.74) is 30.8. The Morgan fingerprint density at radius 2 is 0.613 bits per heavy atom. The third-order valence-electron chi connectivity index (χ3n) is 33.0. The number of benzene rings is 13. The van der Waals surface area contributed by atoms with Crippen molar-refractivity contribution in [3.8, 4) is 34.1 Å². The Labute approximate surface area is 734 Å². The summed E-state index contributed by atoms with van der Waals surface area (Å²) in [6.45, 7) is -0.311. The predicted octanol–water partition coefficient (Wildman–Crippen LogP) is 26.8. The zero-order valence-corrected chi connectivity index (χ0v) is 71.7. The van der Waals surface area contributed by atoms with Crippen LogP contribution in [0.3, 0.4) is 0 Å². The first-order chi connectivity index (χ1) is 61.6. The number of rotatable bonds is 13. The maximum atomic E-state index is 8.73. The Bertz CT molecular complexity index is 6020. The summed E-state index contributed by atoms with van der Waals surface area (Å²) in [6.07, 6.45) is 34.1. The van der Waals surface area contributed by atoms with Crippen LogP contribution in [-0.2, 0) is 5.41 Å². The SMILES string of the molecule is c1ccc(N(c2ccccc2)c2cc3c4c(c2)N(C2C(C5CCCCC5)CCCC2C2CCCCC2)c2cc5c(cc2B4c2ccccc2O3)C2(c3cc4c(cc3O5)N(C3C(C5CCCCC5)CCCC3C3CCCCC3)c3cc(N(c5ccccc5)c5ccccc5)cc5c3B4c3ccccc3N5c3ccccc3)c3ccccc3-c3ccccc32)cc1. The highest BCUT2D eigenvalue weighted by atomic mass is 16.5. The standard InChI is InChI=1S/C115H111B2N5O2/c1-10-38-76(39-11-1)87-58-36-59-88(77-40-12-2-13-41-77)113(87)121-102-74-108-95(72-99(102)116-97-64-32-34-66-101(97)120(84-54-26-9-27-55-84)104-68-85(69-105(121)111(104)116)118(80-46-18-5-19-47-80)81-48-20-6-21-49-81)115(93-62-30-28-56-91(93)92-57-29-31-63-94(92)115)96-73-100-103(75-109(96)124-108)122(114-89(78-42-14-3-15-43-78)60-37-61-90(114)79-44-16-4-17-45-79)106-70-86(71-110-112(106)117(100)98-65-33-35-67-107(98)123-110)119(82-50-22-7-23-51-82)83-52-24-8-25-53-83/h5-9,18-35,46-57,62-79,87-90,113-114H,1-4,10-17,36-45,58-61H2. The van der Waals surface area contributed by atoms with Crippen LogP contribution in [0.15, 0.2) is 297 Å². The van der Waals surface area contributed by atoms with E-state index in [2.05, 4.69) is 322 Å². The number of fused-ring (bicyclic) bond motifs is 17. The molecule has 5 aliphatic heterocycles. The van der Waals surface area contributed by atoms with E-state index in [1.54, 1.807) is 0 Å². The van der Waals surface area contributed by atoms with E-state index >= 15 is 0 Å². The van der Waals surface area contributed by atoms with Crippen LogP contribution in [0.25, 0.3) is 11.1 Å². The summed E-state index contributed by atoms with van der Waals surface area (Å²) in [7, 11) is 0. The van der Waals surface area contributed by atoms with E-state index in [1.807, 2.05) is 0 Å². The van der Waals surface area contributed by atoms with Gasteiger partial charge in [0.05, 0.1) is 16.8 Å². The monoisotopic (exact) mass is 1620 g/mol. The molecule has 0 radical (unpaired) electrons. The van der Waals surface area contributed by atoms with Gasteiger partial charge in [0.15, 0.2) is 0 Å². The lowest BCUT2D eigenvalue weighted by Crippen LogP contribution is -2.65. The molecule has 13 aromatic rings. The number of hydrogen-bond acceptors (Lipinski definition) is 7. The highest BCUT2D eigenvalue weighted by molar-refractivity contribution is 7.00. The molecule has 7 aliphatic carbocycles. The highest BCUT2D eigenvalue weighted by Gasteiger charge is 2.58. The molecule has 4 atom stereocenters. The molecule has 124 heavy (non-hydrogen) atoms. The molecular formula is C115H111B2N5O2. The molecule has 7 nitrogen and oxygen atoms in total. The first-order valence-electron chi connectivity index (χ1n) is 48.3. The Hall–Kier alpha value is -11.4. The molecule has 1 spiro atoms. The molecule has 5 heterocycles. The third kappa shape index (κ3) is 12.0. The molecule has 9 heteroatoms. The second-order valence-corrected chi connectivity index (χ2v) is 39.1. The lowest BCUT2D eigenvalue weighted by Gasteiger charge is -2.55. The molecule has 0 aromatic heterocycles. The molecule has 0 bridgehead atoms. The average Bonchev–Trinajstić information content (AvgIpc) is 1.53. The number of hydrogen-bond donors (Lipinski definition) is 0.